The van der Waals surface area contributed by atoms with E-state index in [4.69, 9.17) is 15.8 Å². The predicted octanol–water partition coefficient (Wildman–Crippen LogP) is 0.807. The maximum absolute atomic E-state index is 11.2. The second-order valence-corrected chi connectivity index (χ2v) is 2.69. The quantitative estimate of drug-likeness (QED) is 0.512. The Balaban J connectivity index is 4.12. The van der Waals surface area contributed by atoms with Crippen LogP contribution in [0.1, 0.15) is 25.7 Å². The van der Waals surface area contributed by atoms with E-state index in [1.165, 1.54) is 6.19 Å². The van der Waals surface area contributed by atoms with Gasteiger partial charge in [0.25, 0.3) is 0 Å². The Morgan fingerprint density at radius 2 is 1.64 bits per heavy atom. The number of nitriles is 3. The average molecular weight is 190 g/mol. The highest BCUT2D eigenvalue weighted by atomic mass is 16.1. The van der Waals surface area contributed by atoms with Gasteiger partial charge in [-0.15, -0.1) is 0 Å². The van der Waals surface area contributed by atoms with Gasteiger partial charge in [-0.2, -0.15) is 15.8 Å². The zero-order valence-electron chi connectivity index (χ0n) is 7.66. The zero-order valence-corrected chi connectivity index (χ0v) is 7.66. The van der Waals surface area contributed by atoms with Crippen molar-refractivity contribution < 1.29 is 4.79 Å². The van der Waals surface area contributed by atoms with Crippen molar-refractivity contribution in [1.82, 2.24) is 5.32 Å². The molecule has 5 nitrogen and oxygen atoms in total. The predicted molar refractivity (Wildman–Crippen MR) is 46.9 cm³/mol. The lowest BCUT2D eigenvalue weighted by Gasteiger charge is -2.09. The van der Waals surface area contributed by atoms with Crippen LogP contribution in [0.4, 0.5) is 0 Å². The third-order valence-electron chi connectivity index (χ3n) is 1.76. The molecular formula is C9H10N4O. The van der Waals surface area contributed by atoms with Crippen molar-refractivity contribution in [3.63, 3.8) is 0 Å². The molecule has 14 heavy (non-hydrogen) atoms. The summed E-state index contributed by atoms with van der Waals surface area (Å²) < 4.78 is 0. The summed E-state index contributed by atoms with van der Waals surface area (Å²) in [6.07, 6.45) is 2.84. The van der Waals surface area contributed by atoms with Crippen molar-refractivity contribution in [3.05, 3.63) is 0 Å². The van der Waals surface area contributed by atoms with Crippen LogP contribution in [0.25, 0.3) is 0 Å². The minimum atomic E-state index is -0.408. The molecule has 0 radical (unpaired) electrons. The maximum atomic E-state index is 11.2. The summed E-state index contributed by atoms with van der Waals surface area (Å²) in [5.74, 6) is -0.813. The van der Waals surface area contributed by atoms with E-state index in [1.54, 1.807) is 0 Å². The summed E-state index contributed by atoms with van der Waals surface area (Å²) in [4.78, 5) is 11.2. The number of amides is 1. The van der Waals surface area contributed by atoms with Gasteiger partial charge in [0.15, 0.2) is 6.19 Å². The van der Waals surface area contributed by atoms with Gasteiger partial charge in [0.1, 0.15) is 0 Å². The van der Waals surface area contributed by atoms with E-state index in [-0.39, 0.29) is 12.8 Å². The van der Waals surface area contributed by atoms with Gasteiger partial charge in [-0.05, 0) is 12.8 Å². The van der Waals surface area contributed by atoms with Crippen LogP contribution in [-0.2, 0) is 4.79 Å². The molecule has 0 aliphatic heterocycles. The highest BCUT2D eigenvalue weighted by Gasteiger charge is 2.17. The molecule has 0 bridgehead atoms. The molecule has 0 saturated carbocycles. The molecule has 0 atom stereocenters. The van der Waals surface area contributed by atoms with E-state index in [9.17, 15) is 4.79 Å². The summed E-state index contributed by atoms with van der Waals surface area (Å²) in [6, 6.07) is 3.85. The fourth-order valence-corrected chi connectivity index (χ4v) is 1.04. The van der Waals surface area contributed by atoms with Crippen LogP contribution in [0.5, 0.6) is 0 Å². The van der Waals surface area contributed by atoms with E-state index in [2.05, 4.69) is 0 Å². The molecule has 0 rings (SSSR count). The number of carbonyl (C=O) groups is 1. The van der Waals surface area contributed by atoms with E-state index in [0.29, 0.717) is 12.8 Å². The fraction of sp³-hybridized carbons (Fsp3) is 0.556. The fourth-order valence-electron chi connectivity index (χ4n) is 1.04. The molecule has 0 aliphatic rings. The first-order valence-corrected chi connectivity index (χ1v) is 4.19. The van der Waals surface area contributed by atoms with Crippen LogP contribution < -0.4 is 5.32 Å². The van der Waals surface area contributed by atoms with Crippen molar-refractivity contribution in [3.8, 4) is 18.3 Å². The number of nitrogens with zero attached hydrogens (tertiary/aromatic N) is 3. The largest absolute Gasteiger partial charge is 0.274 e. The van der Waals surface area contributed by atoms with E-state index < -0.39 is 11.8 Å². The second kappa shape index (κ2) is 7.58. The Labute approximate surface area is 82.5 Å². The van der Waals surface area contributed by atoms with Crippen molar-refractivity contribution in [1.29, 1.82) is 15.8 Å². The molecular weight excluding hydrogens is 180 g/mol. The Bertz CT molecular complexity index is 286. The van der Waals surface area contributed by atoms with Gasteiger partial charge in [-0.1, -0.05) is 0 Å². The van der Waals surface area contributed by atoms with Crippen LogP contribution in [0.15, 0.2) is 0 Å². The lowest BCUT2D eigenvalue weighted by atomic mass is 9.97. The van der Waals surface area contributed by atoms with Crippen LogP contribution >= 0.6 is 0 Å². The van der Waals surface area contributed by atoms with Gasteiger partial charge in [0.2, 0.25) is 5.91 Å². The molecule has 5 heteroatoms. The molecule has 0 aromatic heterocycles. The Kier molecular flexibility index (Phi) is 6.47. The highest BCUT2D eigenvalue weighted by Crippen LogP contribution is 2.13. The molecule has 0 heterocycles. The third kappa shape index (κ3) is 4.74. The van der Waals surface area contributed by atoms with Gasteiger partial charge >= 0.3 is 0 Å². The third-order valence-corrected chi connectivity index (χ3v) is 1.76. The van der Waals surface area contributed by atoms with Gasteiger partial charge in [-0.3, -0.25) is 10.1 Å². The molecule has 72 valence electrons. The second-order valence-electron chi connectivity index (χ2n) is 2.69. The number of hydrogen-bond acceptors (Lipinski definition) is 4. The lowest BCUT2D eigenvalue weighted by molar-refractivity contribution is -0.124. The molecule has 1 amide bonds. The molecule has 0 aromatic rings. The first kappa shape index (κ1) is 11.9. The Hall–Kier alpha value is -2.06. The molecule has 0 saturated heterocycles. The normalized spacial score (nSPS) is 8.43. The Morgan fingerprint density at radius 1 is 1.14 bits per heavy atom. The van der Waals surface area contributed by atoms with Crippen molar-refractivity contribution in [2.75, 3.05) is 0 Å². The summed E-state index contributed by atoms with van der Waals surface area (Å²) >= 11 is 0. The molecule has 0 spiro atoms. The SMILES string of the molecule is N#CCCC(CCC#N)C(=O)NC#N. The van der Waals surface area contributed by atoms with Gasteiger partial charge in [0.05, 0.1) is 12.1 Å². The van der Waals surface area contributed by atoms with Crippen LogP contribution in [-0.4, -0.2) is 5.91 Å². The van der Waals surface area contributed by atoms with E-state index >= 15 is 0 Å². The van der Waals surface area contributed by atoms with Crippen LogP contribution in [0.3, 0.4) is 0 Å². The molecule has 0 fully saturated rings. The first-order valence-electron chi connectivity index (χ1n) is 4.19. The molecule has 1 N–H and O–H groups in total. The maximum Gasteiger partial charge on any atom is 0.236 e. The summed E-state index contributed by atoms with van der Waals surface area (Å²) in [5, 5.41) is 26.9. The van der Waals surface area contributed by atoms with Crippen molar-refractivity contribution in [2.24, 2.45) is 5.92 Å². The lowest BCUT2D eigenvalue weighted by Crippen LogP contribution is -2.26. The minimum absolute atomic E-state index is 0.259. The summed E-state index contributed by atoms with van der Waals surface area (Å²) in [7, 11) is 0. The average Bonchev–Trinajstić information content (AvgIpc) is 2.18. The summed E-state index contributed by atoms with van der Waals surface area (Å²) in [6.45, 7) is 0. The number of nitrogens with one attached hydrogen (secondary N) is 1. The van der Waals surface area contributed by atoms with E-state index in [0.717, 1.165) is 0 Å². The topological polar surface area (TPSA) is 100 Å². The molecule has 0 aromatic carbocycles. The molecule has 0 unspecified atom stereocenters. The van der Waals surface area contributed by atoms with Crippen LogP contribution in [0.2, 0.25) is 0 Å². The number of hydrogen-bond donors (Lipinski definition) is 1. The van der Waals surface area contributed by atoms with E-state index in [1.807, 2.05) is 17.5 Å². The van der Waals surface area contributed by atoms with Gasteiger partial charge in [-0.25, -0.2) is 0 Å². The van der Waals surface area contributed by atoms with Crippen molar-refractivity contribution in [2.45, 2.75) is 25.7 Å². The number of rotatable bonds is 5. The van der Waals surface area contributed by atoms with Crippen LogP contribution in [0, 0.1) is 40.0 Å². The highest BCUT2D eigenvalue weighted by molar-refractivity contribution is 5.79. The zero-order chi connectivity index (χ0) is 10.8. The standard InChI is InChI=1S/C9H10N4O/c10-5-1-3-8(4-2-6-11)9(14)13-7-12/h8H,1-4H2,(H,13,14). The number of carbonyl (C=O) groups excluding carboxylic acids is 1. The minimum Gasteiger partial charge on any atom is -0.274 e. The first-order chi connectivity index (χ1) is 6.76. The van der Waals surface area contributed by atoms with Gasteiger partial charge in [0, 0.05) is 18.8 Å². The van der Waals surface area contributed by atoms with Crippen molar-refractivity contribution >= 4 is 5.91 Å². The van der Waals surface area contributed by atoms with Gasteiger partial charge < -0.3 is 0 Å². The smallest absolute Gasteiger partial charge is 0.236 e. The Morgan fingerprint density at radius 3 is 2.00 bits per heavy atom. The molecule has 0 aliphatic carbocycles. The summed E-state index contributed by atoms with van der Waals surface area (Å²) in [5.41, 5.74) is 0. The monoisotopic (exact) mass is 190 g/mol.